The summed E-state index contributed by atoms with van der Waals surface area (Å²) in [4.78, 5) is 4.25. The average Bonchev–Trinajstić information content (AvgIpc) is 3.19. The molecule has 3 rings (SSSR count). The second-order valence-electron chi connectivity index (χ2n) is 6.24. The van der Waals surface area contributed by atoms with E-state index in [2.05, 4.69) is 38.9 Å². The molecule has 0 aromatic carbocycles. The van der Waals surface area contributed by atoms with E-state index in [1.54, 1.807) is 0 Å². The fraction of sp³-hybridized carbons (Fsp3) is 0.625. The minimum absolute atomic E-state index is 0.148. The van der Waals surface area contributed by atoms with Gasteiger partial charge in [0.05, 0.1) is 24.3 Å². The Morgan fingerprint density at radius 2 is 2.36 bits per heavy atom. The lowest BCUT2D eigenvalue weighted by Crippen LogP contribution is -2.32. The molecule has 0 saturated carbocycles. The molecule has 1 aliphatic rings. The molecule has 3 heterocycles. The Labute approximate surface area is 131 Å². The first kappa shape index (κ1) is 15.2. The molecule has 22 heavy (non-hydrogen) atoms. The number of aromatic nitrogens is 4. The highest BCUT2D eigenvalue weighted by Crippen LogP contribution is 2.32. The predicted octanol–water partition coefficient (Wildman–Crippen LogP) is 2.44. The molecular weight excluding hydrogens is 278 g/mol. The van der Waals surface area contributed by atoms with Crippen LogP contribution in [-0.2, 0) is 11.3 Å². The number of aromatic amines is 1. The molecule has 0 spiro atoms. The zero-order valence-corrected chi connectivity index (χ0v) is 13.3. The number of rotatable bonds is 6. The highest BCUT2D eigenvalue weighted by atomic mass is 16.5. The van der Waals surface area contributed by atoms with E-state index in [0.717, 1.165) is 31.7 Å². The monoisotopic (exact) mass is 303 g/mol. The van der Waals surface area contributed by atoms with Crippen molar-refractivity contribution in [2.24, 2.45) is 5.92 Å². The lowest BCUT2D eigenvalue weighted by molar-refractivity contribution is -0.0278. The number of nitrogens with zero attached hydrogens (tertiary/aromatic N) is 3. The Balaban J connectivity index is 1.56. The number of hydrogen-bond donors (Lipinski definition) is 2. The van der Waals surface area contributed by atoms with Crippen LogP contribution in [0.3, 0.4) is 0 Å². The van der Waals surface area contributed by atoms with Crippen LogP contribution in [0.1, 0.15) is 50.1 Å². The molecule has 0 radical (unpaired) electrons. The van der Waals surface area contributed by atoms with Gasteiger partial charge < -0.3 is 14.6 Å². The van der Waals surface area contributed by atoms with Crippen LogP contribution in [0.15, 0.2) is 24.9 Å². The number of imidazole rings is 1. The fourth-order valence-electron chi connectivity index (χ4n) is 3.16. The van der Waals surface area contributed by atoms with Gasteiger partial charge in [0.1, 0.15) is 0 Å². The summed E-state index contributed by atoms with van der Waals surface area (Å²) in [7, 11) is 0. The molecule has 0 unspecified atom stereocenters. The van der Waals surface area contributed by atoms with Gasteiger partial charge in [-0.3, -0.25) is 5.10 Å². The van der Waals surface area contributed by atoms with Gasteiger partial charge in [0.2, 0.25) is 0 Å². The maximum absolute atomic E-state index is 5.97. The number of ether oxygens (including phenoxy) is 1. The van der Waals surface area contributed by atoms with E-state index in [0.29, 0.717) is 12.0 Å². The lowest BCUT2D eigenvalue weighted by Gasteiger charge is -2.31. The van der Waals surface area contributed by atoms with E-state index in [4.69, 9.17) is 4.74 Å². The standard InChI is InChI=1S/C16H25N5O/c1-12(2)21-11-18-10-15(21)9-17-6-13-4-3-5-22-16(13)14-7-19-20-8-14/h7-8,10-13,16-17H,3-6,9H2,1-2H3,(H,19,20)/t13-,16+/m0/s1. The second-order valence-corrected chi connectivity index (χ2v) is 6.24. The third-order valence-corrected chi connectivity index (χ3v) is 4.31. The van der Waals surface area contributed by atoms with Gasteiger partial charge >= 0.3 is 0 Å². The molecular formula is C16H25N5O. The molecule has 0 bridgehead atoms. The summed E-state index contributed by atoms with van der Waals surface area (Å²) >= 11 is 0. The van der Waals surface area contributed by atoms with E-state index in [1.165, 1.54) is 12.1 Å². The van der Waals surface area contributed by atoms with Crippen molar-refractivity contribution in [3.05, 3.63) is 36.2 Å². The molecule has 2 aromatic heterocycles. The van der Waals surface area contributed by atoms with Gasteiger partial charge in [-0.1, -0.05) is 0 Å². The van der Waals surface area contributed by atoms with Crippen LogP contribution < -0.4 is 5.32 Å². The summed E-state index contributed by atoms with van der Waals surface area (Å²) < 4.78 is 8.17. The van der Waals surface area contributed by atoms with E-state index < -0.39 is 0 Å². The smallest absolute Gasteiger partial charge is 0.0951 e. The van der Waals surface area contributed by atoms with Crippen LogP contribution in [-0.4, -0.2) is 32.9 Å². The quantitative estimate of drug-likeness (QED) is 0.860. The molecule has 1 aliphatic heterocycles. The summed E-state index contributed by atoms with van der Waals surface area (Å²) in [5.74, 6) is 0.488. The van der Waals surface area contributed by atoms with Gasteiger partial charge in [-0.25, -0.2) is 4.98 Å². The van der Waals surface area contributed by atoms with Crippen LogP contribution in [0.25, 0.3) is 0 Å². The van der Waals surface area contributed by atoms with Crippen molar-refractivity contribution >= 4 is 0 Å². The van der Waals surface area contributed by atoms with Crippen LogP contribution in [0.5, 0.6) is 0 Å². The van der Waals surface area contributed by atoms with Gasteiger partial charge in [-0.15, -0.1) is 0 Å². The summed E-state index contributed by atoms with van der Waals surface area (Å²) in [6, 6.07) is 0.441. The molecule has 6 heteroatoms. The Hall–Kier alpha value is -1.66. The average molecular weight is 303 g/mol. The first-order chi connectivity index (χ1) is 10.8. The van der Waals surface area contributed by atoms with Gasteiger partial charge in [0.15, 0.2) is 0 Å². The normalized spacial score (nSPS) is 22.3. The minimum Gasteiger partial charge on any atom is -0.373 e. The Bertz CT molecular complexity index is 563. The molecule has 2 atom stereocenters. The van der Waals surface area contributed by atoms with Crippen LogP contribution >= 0.6 is 0 Å². The Morgan fingerprint density at radius 1 is 1.45 bits per heavy atom. The van der Waals surface area contributed by atoms with E-state index in [-0.39, 0.29) is 6.10 Å². The molecule has 0 aliphatic carbocycles. The largest absolute Gasteiger partial charge is 0.373 e. The van der Waals surface area contributed by atoms with Gasteiger partial charge in [-0.2, -0.15) is 5.10 Å². The van der Waals surface area contributed by atoms with Gasteiger partial charge in [0, 0.05) is 49.6 Å². The summed E-state index contributed by atoms with van der Waals surface area (Å²) in [6.45, 7) is 6.97. The molecule has 0 amide bonds. The first-order valence-electron chi connectivity index (χ1n) is 8.07. The van der Waals surface area contributed by atoms with Gasteiger partial charge in [-0.05, 0) is 26.7 Å². The molecule has 6 nitrogen and oxygen atoms in total. The Kier molecular flexibility index (Phi) is 4.90. The van der Waals surface area contributed by atoms with Gasteiger partial charge in [0.25, 0.3) is 0 Å². The van der Waals surface area contributed by atoms with Crippen molar-refractivity contribution < 1.29 is 4.74 Å². The van der Waals surface area contributed by atoms with E-state index in [9.17, 15) is 0 Å². The molecule has 1 saturated heterocycles. The zero-order chi connectivity index (χ0) is 15.4. The second kappa shape index (κ2) is 7.07. The van der Waals surface area contributed by atoms with E-state index >= 15 is 0 Å². The Morgan fingerprint density at radius 3 is 3.14 bits per heavy atom. The molecule has 2 aromatic rings. The number of H-pyrrole nitrogens is 1. The number of hydrogen-bond acceptors (Lipinski definition) is 4. The van der Waals surface area contributed by atoms with Crippen LogP contribution in [0.4, 0.5) is 0 Å². The number of nitrogens with one attached hydrogen (secondary N) is 2. The third kappa shape index (κ3) is 3.39. The zero-order valence-electron chi connectivity index (χ0n) is 13.3. The SMILES string of the molecule is CC(C)n1cncc1CNC[C@@H]1CCCO[C@H]1c1cn[nH]c1. The van der Waals surface area contributed by atoms with Crippen molar-refractivity contribution in [2.45, 2.75) is 45.4 Å². The van der Waals surface area contributed by atoms with Crippen molar-refractivity contribution in [3.8, 4) is 0 Å². The van der Waals surface area contributed by atoms with Crippen molar-refractivity contribution in [3.63, 3.8) is 0 Å². The predicted molar refractivity (Wildman–Crippen MR) is 84.3 cm³/mol. The first-order valence-corrected chi connectivity index (χ1v) is 8.07. The molecule has 2 N–H and O–H groups in total. The summed E-state index contributed by atoms with van der Waals surface area (Å²) in [5, 5.41) is 10.5. The van der Waals surface area contributed by atoms with E-state index in [1.807, 2.05) is 24.9 Å². The minimum atomic E-state index is 0.148. The maximum Gasteiger partial charge on any atom is 0.0951 e. The van der Waals surface area contributed by atoms with Crippen molar-refractivity contribution in [2.75, 3.05) is 13.2 Å². The highest BCUT2D eigenvalue weighted by Gasteiger charge is 2.27. The summed E-state index contributed by atoms with van der Waals surface area (Å²) in [6.07, 6.45) is 10.1. The fourth-order valence-corrected chi connectivity index (χ4v) is 3.16. The topological polar surface area (TPSA) is 67.8 Å². The lowest BCUT2D eigenvalue weighted by atomic mass is 9.91. The van der Waals surface area contributed by atoms with Crippen molar-refractivity contribution in [1.82, 2.24) is 25.1 Å². The molecule has 120 valence electrons. The molecule has 1 fully saturated rings. The van der Waals surface area contributed by atoms with Crippen LogP contribution in [0, 0.1) is 5.92 Å². The highest BCUT2D eigenvalue weighted by molar-refractivity contribution is 5.09. The summed E-state index contributed by atoms with van der Waals surface area (Å²) in [5.41, 5.74) is 2.38. The van der Waals surface area contributed by atoms with Crippen LogP contribution in [0.2, 0.25) is 0 Å². The third-order valence-electron chi connectivity index (χ3n) is 4.31. The van der Waals surface area contributed by atoms with Crippen molar-refractivity contribution in [1.29, 1.82) is 0 Å². The maximum atomic E-state index is 5.97.